The number of hydrogen-bond acceptors (Lipinski definition) is 4. The maximum atomic E-state index is 12.8. The molecule has 0 aliphatic rings. The third kappa shape index (κ3) is 5.05. The van der Waals surface area contributed by atoms with Gasteiger partial charge < -0.3 is 10.1 Å². The highest BCUT2D eigenvalue weighted by Crippen LogP contribution is 2.31. The van der Waals surface area contributed by atoms with Crippen molar-refractivity contribution in [3.05, 3.63) is 51.5 Å². The third-order valence-electron chi connectivity index (χ3n) is 4.02. The molecule has 0 radical (unpaired) electrons. The van der Waals surface area contributed by atoms with Crippen molar-refractivity contribution in [3.8, 4) is 5.75 Å². The highest BCUT2D eigenvalue weighted by Gasteiger charge is 2.23. The summed E-state index contributed by atoms with van der Waals surface area (Å²) < 4.78 is 33.2. The van der Waals surface area contributed by atoms with Crippen LogP contribution >= 0.6 is 27.5 Å². The molecule has 0 saturated carbocycles. The molecule has 0 saturated heterocycles. The van der Waals surface area contributed by atoms with Gasteiger partial charge >= 0.3 is 0 Å². The molecule has 0 aliphatic heterocycles. The van der Waals surface area contributed by atoms with Crippen LogP contribution in [0.2, 0.25) is 5.02 Å². The van der Waals surface area contributed by atoms with Crippen molar-refractivity contribution < 1.29 is 17.9 Å². The highest BCUT2D eigenvalue weighted by atomic mass is 79.9. The summed E-state index contributed by atoms with van der Waals surface area (Å²) in [6, 6.07) is 9.34. The smallest absolute Gasteiger partial charge is 0.257 e. The average Bonchev–Trinajstić information content (AvgIpc) is 2.65. The first-order valence-corrected chi connectivity index (χ1v) is 11.4. The van der Waals surface area contributed by atoms with Crippen LogP contribution in [0.1, 0.15) is 31.1 Å². The Morgan fingerprint density at radius 3 is 2.43 bits per heavy atom. The predicted octanol–water partition coefficient (Wildman–Crippen LogP) is 4.78. The van der Waals surface area contributed by atoms with Gasteiger partial charge in [-0.05, 0) is 43.3 Å². The fourth-order valence-electron chi connectivity index (χ4n) is 2.62. The maximum Gasteiger partial charge on any atom is 0.257 e. The lowest BCUT2D eigenvalue weighted by Crippen LogP contribution is -2.30. The Morgan fingerprint density at radius 1 is 1.14 bits per heavy atom. The normalized spacial score (nSPS) is 11.5. The van der Waals surface area contributed by atoms with Gasteiger partial charge in [0.1, 0.15) is 5.75 Å². The molecule has 2 rings (SSSR count). The molecule has 2 aromatic carbocycles. The van der Waals surface area contributed by atoms with Gasteiger partial charge in [0.25, 0.3) is 5.91 Å². The average molecular weight is 490 g/mol. The van der Waals surface area contributed by atoms with Crippen LogP contribution in [0, 0.1) is 0 Å². The van der Waals surface area contributed by atoms with E-state index < -0.39 is 15.9 Å². The van der Waals surface area contributed by atoms with E-state index in [-0.39, 0.29) is 21.2 Å². The zero-order chi connectivity index (χ0) is 20.9. The molecule has 1 amide bonds. The van der Waals surface area contributed by atoms with Crippen LogP contribution in [-0.2, 0) is 10.0 Å². The van der Waals surface area contributed by atoms with E-state index in [1.807, 2.05) is 0 Å². The van der Waals surface area contributed by atoms with E-state index in [0.29, 0.717) is 29.9 Å². The van der Waals surface area contributed by atoms with Crippen molar-refractivity contribution >= 4 is 49.1 Å². The molecule has 0 fully saturated rings. The Balaban J connectivity index is 2.46. The molecule has 0 spiro atoms. The van der Waals surface area contributed by atoms with Crippen molar-refractivity contribution in [2.24, 2.45) is 0 Å². The largest absolute Gasteiger partial charge is 0.492 e. The molecular weight excluding hydrogens is 468 g/mol. The summed E-state index contributed by atoms with van der Waals surface area (Å²) in [5.41, 5.74) is 0.520. The van der Waals surface area contributed by atoms with E-state index in [9.17, 15) is 13.2 Å². The molecule has 28 heavy (non-hydrogen) atoms. The fraction of sp³-hybridized carbons (Fsp3) is 0.316. The first-order valence-electron chi connectivity index (χ1n) is 8.77. The van der Waals surface area contributed by atoms with Crippen molar-refractivity contribution in [2.75, 3.05) is 25.0 Å². The zero-order valence-electron chi connectivity index (χ0n) is 15.8. The maximum absolute atomic E-state index is 12.8. The first kappa shape index (κ1) is 22.7. The van der Waals surface area contributed by atoms with Crippen LogP contribution in [0.25, 0.3) is 0 Å². The van der Waals surface area contributed by atoms with Crippen LogP contribution in [0.4, 0.5) is 5.69 Å². The van der Waals surface area contributed by atoms with E-state index in [1.165, 1.54) is 22.5 Å². The summed E-state index contributed by atoms with van der Waals surface area (Å²) in [4.78, 5) is 12.8. The minimum atomic E-state index is -3.68. The van der Waals surface area contributed by atoms with Crippen molar-refractivity contribution in [3.63, 3.8) is 0 Å². The van der Waals surface area contributed by atoms with Crippen molar-refractivity contribution in [2.45, 2.75) is 25.7 Å². The standard InChI is InChI=1S/C19H22BrClN2O4S/c1-4-23(5-2)28(25,26)14-8-10-18(27-6-3)17(12-14)22-19(24)15-11-13(20)7-9-16(15)21/h7-12H,4-6H2,1-3H3,(H,22,24). The van der Waals surface area contributed by atoms with Gasteiger partial charge in [-0.25, -0.2) is 8.42 Å². The molecule has 0 unspecified atom stereocenters. The Bertz CT molecular complexity index is 962. The molecular formula is C19H22BrClN2O4S. The van der Waals surface area contributed by atoms with Gasteiger partial charge in [0.15, 0.2) is 0 Å². The number of anilines is 1. The highest BCUT2D eigenvalue weighted by molar-refractivity contribution is 9.10. The van der Waals surface area contributed by atoms with Gasteiger partial charge in [-0.2, -0.15) is 4.31 Å². The Morgan fingerprint density at radius 2 is 1.82 bits per heavy atom. The summed E-state index contributed by atoms with van der Waals surface area (Å²) in [7, 11) is -3.68. The molecule has 0 bridgehead atoms. The van der Waals surface area contributed by atoms with Crippen molar-refractivity contribution in [1.82, 2.24) is 4.31 Å². The molecule has 9 heteroatoms. The number of hydrogen-bond donors (Lipinski definition) is 1. The van der Waals surface area contributed by atoms with Gasteiger partial charge in [-0.3, -0.25) is 4.79 Å². The summed E-state index contributed by atoms with van der Waals surface area (Å²) in [5.74, 6) is -0.0925. The zero-order valence-corrected chi connectivity index (χ0v) is 19.0. The molecule has 0 aliphatic carbocycles. The van der Waals surface area contributed by atoms with Gasteiger partial charge in [0.05, 0.1) is 27.8 Å². The van der Waals surface area contributed by atoms with Gasteiger partial charge in [-0.15, -0.1) is 0 Å². The number of carbonyl (C=O) groups excluding carboxylic acids is 1. The first-order chi connectivity index (χ1) is 13.2. The van der Waals surface area contributed by atoms with Crippen LogP contribution in [-0.4, -0.2) is 38.3 Å². The second-order valence-electron chi connectivity index (χ2n) is 5.76. The van der Waals surface area contributed by atoms with Crippen molar-refractivity contribution in [1.29, 1.82) is 0 Å². The number of sulfonamides is 1. The molecule has 6 nitrogen and oxygen atoms in total. The van der Waals surface area contributed by atoms with E-state index in [4.69, 9.17) is 16.3 Å². The summed E-state index contributed by atoms with van der Waals surface area (Å²) in [5, 5.41) is 3.00. The summed E-state index contributed by atoms with van der Waals surface area (Å²) in [6.45, 7) is 6.41. The summed E-state index contributed by atoms with van der Waals surface area (Å²) in [6.07, 6.45) is 0. The monoisotopic (exact) mass is 488 g/mol. The molecule has 1 N–H and O–H groups in total. The molecule has 2 aromatic rings. The van der Waals surface area contributed by atoms with Crippen LogP contribution in [0.3, 0.4) is 0 Å². The van der Waals surface area contributed by atoms with Gasteiger partial charge in [0, 0.05) is 17.6 Å². The lowest BCUT2D eigenvalue weighted by atomic mass is 10.2. The fourth-order valence-corrected chi connectivity index (χ4v) is 4.67. The number of ether oxygens (including phenoxy) is 1. The second kappa shape index (κ2) is 9.73. The number of carbonyl (C=O) groups is 1. The Hall–Kier alpha value is -1.61. The van der Waals surface area contributed by atoms with E-state index in [2.05, 4.69) is 21.2 Å². The minimum absolute atomic E-state index is 0.0790. The topological polar surface area (TPSA) is 75.7 Å². The van der Waals surface area contributed by atoms with Crippen LogP contribution < -0.4 is 10.1 Å². The van der Waals surface area contributed by atoms with Crippen LogP contribution in [0.15, 0.2) is 45.8 Å². The van der Waals surface area contributed by atoms with E-state index >= 15 is 0 Å². The molecule has 0 heterocycles. The quantitative estimate of drug-likeness (QED) is 0.579. The van der Waals surface area contributed by atoms with Gasteiger partial charge in [-0.1, -0.05) is 41.4 Å². The lowest BCUT2D eigenvalue weighted by Gasteiger charge is -2.20. The minimum Gasteiger partial charge on any atom is -0.492 e. The molecule has 152 valence electrons. The third-order valence-corrected chi connectivity index (χ3v) is 6.88. The lowest BCUT2D eigenvalue weighted by molar-refractivity contribution is 0.102. The Kier molecular flexibility index (Phi) is 7.88. The number of benzene rings is 2. The number of halogens is 2. The van der Waals surface area contributed by atoms with Gasteiger partial charge in [0.2, 0.25) is 10.0 Å². The SMILES string of the molecule is CCOc1ccc(S(=O)(=O)N(CC)CC)cc1NC(=O)c1cc(Br)ccc1Cl. The summed E-state index contributed by atoms with van der Waals surface area (Å²) >= 11 is 9.44. The molecule has 0 aromatic heterocycles. The van der Waals surface area contributed by atoms with E-state index in [1.54, 1.807) is 39.0 Å². The second-order valence-corrected chi connectivity index (χ2v) is 9.02. The van der Waals surface area contributed by atoms with E-state index in [0.717, 1.165) is 0 Å². The number of nitrogens with zero attached hydrogens (tertiary/aromatic N) is 1. The number of rotatable bonds is 8. The number of amides is 1. The predicted molar refractivity (Wildman–Crippen MR) is 115 cm³/mol. The Labute approximate surface area is 179 Å². The number of nitrogens with one attached hydrogen (secondary N) is 1. The van der Waals surface area contributed by atoms with Crippen LogP contribution in [0.5, 0.6) is 5.75 Å². The molecule has 0 atom stereocenters.